The molecule has 0 radical (unpaired) electrons. The first-order valence-corrected chi connectivity index (χ1v) is 11.7. The molecule has 0 N–H and O–H groups in total. The van der Waals surface area contributed by atoms with Gasteiger partial charge in [0.1, 0.15) is 11.3 Å². The summed E-state index contributed by atoms with van der Waals surface area (Å²) in [6, 6.07) is 12.7. The van der Waals surface area contributed by atoms with E-state index in [1.54, 1.807) is 11.0 Å². The van der Waals surface area contributed by atoms with Gasteiger partial charge in [-0.25, -0.2) is 0 Å². The summed E-state index contributed by atoms with van der Waals surface area (Å²) in [4.78, 5) is 31.0. The maximum absolute atomic E-state index is 13.6. The van der Waals surface area contributed by atoms with Crippen LogP contribution in [0.1, 0.15) is 59.5 Å². The third kappa shape index (κ3) is 4.67. The van der Waals surface area contributed by atoms with Crippen LogP contribution in [-0.2, 0) is 0 Å². The second kappa shape index (κ2) is 9.79. The summed E-state index contributed by atoms with van der Waals surface area (Å²) < 4.78 is 12.0. The first-order chi connectivity index (χ1) is 15.9. The lowest BCUT2D eigenvalue weighted by molar-refractivity contribution is 0.0722. The number of aryl methyl sites for hydroxylation is 1. The normalized spacial score (nSPS) is 15.5. The number of hydrogen-bond donors (Lipinski definition) is 0. The molecule has 0 saturated heterocycles. The Labute approximate surface area is 194 Å². The smallest absolute Gasteiger partial charge is 0.290 e. The van der Waals surface area contributed by atoms with Gasteiger partial charge in [0, 0.05) is 6.54 Å². The largest absolute Gasteiger partial charge is 0.494 e. The molecule has 1 aliphatic rings. The summed E-state index contributed by atoms with van der Waals surface area (Å²) >= 11 is 0. The molecule has 33 heavy (non-hydrogen) atoms. The number of benzene rings is 2. The van der Waals surface area contributed by atoms with E-state index in [2.05, 4.69) is 11.8 Å². The fourth-order valence-electron chi connectivity index (χ4n) is 4.38. The second-order valence-corrected chi connectivity index (χ2v) is 9.01. The average Bonchev–Trinajstić information content (AvgIpc) is 3.07. The number of nitrogens with zero attached hydrogens (tertiary/aromatic N) is 2. The summed E-state index contributed by atoms with van der Waals surface area (Å²) in [5.74, 6) is 0.672. The first kappa shape index (κ1) is 23.1. The van der Waals surface area contributed by atoms with E-state index in [1.165, 1.54) is 0 Å². The third-order valence-corrected chi connectivity index (χ3v) is 6.07. The summed E-state index contributed by atoms with van der Waals surface area (Å²) in [7, 11) is 4.02. The molecular weight excluding hydrogens is 416 g/mol. The van der Waals surface area contributed by atoms with E-state index in [9.17, 15) is 9.59 Å². The van der Waals surface area contributed by atoms with Crippen LogP contribution in [0.25, 0.3) is 11.0 Å². The van der Waals surface area contributed by atoms with Gasteiger partial charge in [-0.15, -0.1) is 0 Å². The van der Waals surface area contributed by atoms with Gasteiger partial charge in [-0.1, -0.05) is 37.1 Å². The topological polar surface area (TPSA) is 63.0 Å². The maximum atomic E-state index is 13.6. The SMILES string of the molecule is CCCCOc1cccc([C@@H]2c3c(oc4ccc(C)cc4c3=O)C(=O)N2CCCN(C)C)c1. The quantitative estimate of drug-likeness (QED) is 0.441. The third-order valence-electron chi connectivity index (χ3n) is 6.07. The minimum absolute atomic E-state index is 0.138. The zero-order valence-corrected chi connectivity index (χ0v) is 19.9. The molecule has 2 heterocycles. The molecule has 0 fully saturated rings. The van der Waals surface area contributed by atoms with Crippen LogP contribution >= 0.6 is 0 Å². The lowest BCUT2D eigenvalue weighted by Crippen LogP contribution is -2.32. The van der Waals surface area contributed by atoms with E-state index in [-0.39, 0.29) is 17.1 Å². The Balaban J connectivity index is 1.81. The van der Waals surface area contributed by atoms with Crippen molar-refractivity contribution >= 4 is 16.9 Å². The molecule has 4 rings (SSSR count). The summed E-state index contributed by atoms with van der Waals surface area (Å²) in [6.45, 7) is 6.08. The highest BCUT2D eigenvalue weighted by Gasteiger charge is 2.42. The van der Waals surface area contributed by atoms with E-state index in [0.29, 0.717) is 29.7 Å². The fraction of sp³-hybridized carbons (Fsp3) is 0.407. The number of unbranched alkanes of at least 4 members (excludes halogenated alkanes) is 1. The van der Waals surface area contributed by atoms with Gasteiger partial charge in [0.15, 0.2) is 5.43 Å². The van der Waals surface area contributed by atoms with Gasteiger partial charge in [0.05, 0.1) is 23.6 Å². The van der Waals surface area contributed by atoms with Gasteiger partial charge in [0.2, 0.25) is 5.76 Å². The molecule has 0 saturated carbocycles. The fourth-order valence-corrected chi connectivity index (χ4v) is 4.38. The van der Waals surface area contributed by atoms with Crippen LogP contribution in [0.15, 0.2) is 51.7 Å². The molecule has 0 spiro atoms. The van der Waals surface area contributed by atoms with Crippen LogP contribution < -0.4 is 10.2 Å². The van der Waals surface area contributed by atoms with Crippen molar-refractivity contribution in [3.05, 3.63) is 75.1 Å². The Kier molecular flexibility index (Phi) is 6.84. The second-order valence-electron chi connectivity index (χ2n) is 9.01. The molecule has 0 bridgehead atoms. The number of rotatable bonds is 9. The van der Waals surface area contributed by atoms with Crippen molar-refractivity contribution in [3.63, 3.8) is 0 Å². The standard InChI is InChI=1S/C27H32N2O4/c1-5-6-15-32-20-10-7-9-19(17-20)24-23-25(30)21-16-18(2)11-12-22(21)33-26(23)27(31)29(24)14-8-13-28(3)4/h7,9-12,16-17,24H,5-6,8,13-15H2,1-4H3/t24-/m1/s1. The number of hydrogen-bond acceptors (Lipinski definition) is 5. The highest BCUT2D eigenvalue weighted by Crippen LogP contribution is 2.39. The Bertz CT molecular complexity index is 1210. The number of ether oxygens (including phenoxy) is 1. The average molecular weight is 449 g/mol. The van der Waals surface area contributed by atoms with Gasteiger partial charge >= 0.3 is 0 Å². The minimum atomic E-state index is -0.495. The zero-order chi connectivity index (χ0) is 23.5. The lowest BCUT2D eigenvalue weighted by atomic mass is 9.98. The molecule has 6 heteroatoms. The molecule has 1 atom stereocenters. The van der Waals surface area contributed by atoms with Gasteiger partial charge in [-0.3, -0.25) is 9.59 Å². The van der Waals surface area contributed by atoms with Crippen LogP contribution in [0, 0.1) is 6.92 Å². The van der Waals surface area contributed by atoms with Crippen LogP contribution in [0.4, 0.5) is 0 Å². The van der Waals surface area contributed by atoms with Crippen molar-refractivity contribution in [2.75, 3.05) is 33.8 Å². The van der Waals surface area contributed by atoms with Crippen molar-refractivity contribution in [1.82, 2.24) is 9.80 Å². The van der Waals surface area contributed by atoms with Crippen LogP contribution in [0.5, 0.6) is 5.75 Å². The lowest BCUT2D eigenvalue weighted by Gasteiger charge is -2.26. The van der Waals surface area contributed by atoms with Crippen LogP contribution in [0.3, 0.4) is 0 Å². The molecule has 6 nitrogen and oxygen atoms in total. The predicted molar refractivity (Wildman–Crippen MR) is 130 cm³/mol. The molecule has 1 aliphatic heterocycles. The molecule has 1 aromatic heterocycles. The molecule has 3 aromatic rings. The van der Waals surface area contributed by atoms with E-state index >= 15 is 0 Å². The molecular formula is C27H32N2O4. The summed E-state index contributed by atoms with van der Waals surface area (Å²) in [6.07, 6.45) is 2.82. The highest BCUT2D eigenvalue weighted by molar-refractivity contribution is 5.99. The summed E-state index contributed by atoms with van der Waals surface area (Å²) in [5, 5.41) is 0.511. The molecule has 2 aromatic carbocycles. The zero-order valence-electron chi connectivity index (χ0n) is 19.9. The number of fused-ring (bicyclic) bond motifs is 2. The van der Waals surface area contributed by atoms with Crippen molar-refractivity contribution in [2.45, 2.75) is 39.2 Å². The number of amides is 1. The molecule has 0 unspecified atom stereocenters. The Morgan fingerprint density at radius 2 is 1.91 bits per heavy atom. The van der Waals surface area contributed by atoms with E-state index in [4.69, 9.17) is 9.15 Å². The molecule has 1 amide bonds. The Hall–Kier alpha value is -3.12. The van der Waals surface area contributed by atoms with Crippen molar-refractivity contribution < 1.29 is 13.9 Å². The molecule has 174 valence electrons. The van der Waals surface area contributed by atoms with E-state index in [0.717, 1.165) is 42.7 Å². The predicted octanol–water partition coefficient (Wildman–Crippen LogP) is 4.78. The van der Waals surface area contributed by atoms with Crippen molar-refractivity contribution in [2.24, 2.45) is 0 Å². The van der Waals surface area contributed by atoms with Crippen molar-refractivity contribution in [3.8, 4) is 5.75 Å². The van der Waals surface area contributed by atoms with E-state index in [1.807, 2.05) is 57.4 Å². The van der Waals surface area contributed by atoms with Gasteiger partial charge < -0.3 is 19.0 Å². The molecule has 0 aliphatic carbocycles. The van der Waals surface area contributed by atoms with Crippen molar-refractivity contribution in [1.29, 1.82) is 0 Å². The van der Waals surface area contributed by atoms with Crippen LogP contribution in [-0.4, -0.2) is 49.5 Å². The highest BCUT2D eigenvalue weighted by atomic mass is 16.5. The van der Waals surface area contributed by atoms with Crippen LogP contribution in [0.2, 0.25) is 0 Å². The van der Waals surface area contributed by atoms with Gasteiger partial charge in [-0.2, -0.15) is 0 Å². The minimum Gasteiger partial charge on any atom is -0.494 e. The Morgan fingerprint density at radius 3 is 2.67 bits per heavy atom. The Morgan fingerprint density at radius 1 is 1.09 bits per heavy atom. The monoisotopic (exact) mass is 448 g/mol. The number of carbonyl (C=O) groups is 1. The van der Waals surface area contributed by atoms with E-state index < -0.39 is 6.04 Å². The number of carbonyl (C=O) groups excluding carboxylic acids is 1. The first-order valence-electron chi connectivity index (χ1n) is 11.7. The van der Waals surface area contributed by atoms with Gasteiger partial charge in [0.25, 0.3) is 5.91 Å². The van der Waals surface area contributed by atoms with Gasteiger partial charge in [-0.05, 0) is 70.2 Å². The maximum Gasteiger partial charge on any atom is 0.290 e. The summed E-state index contributed by atoms with van der Waals surface area (Å²) in [5.41, 5.74) is 2.57.